The second-order valence-corrected chi connectivity index (χ2v) is 6.41. The highest BCUT2D eigenvalue weighted by atomic mass is 16.6. The number of rotatable bonds is 10. The molecular formula is C15H27N3O5. The third kappa shape index (κ3) is 6.25. The van der Waals surface area contributed by atoms with Crippen molar-refractivity contribution in [2.75, 3.05) is 26.9 Å². The van der Waals surface area contributed by atoms with E-state index in [4.69, 9.17) is 15.2 Å². The number of Topliss-reactive ketones (excluding diaryl/α,β-unsaturated/α-hetero) is 1. The Morgan fingerprint density at radius 2 is 1.96 bits per heavy atom. The largest absolute Gasteiger partial charge is 0.383 e. The molecule has 0 aromatic carbocycles. The van der Waals surface area contributed by atoms with E-state index in [0.29, 0.717) is 13.0 Å². The van der Waals surface area contributed by atoms with Gasteiger partial charge >= 0.3 is 0 Å². The van der Waals surface area contributed by atoms with E-state index in [1.807, 2.05) is 13.8 Å². The van der Waals surface area contributed by atoms with Crippen LogP contribution >= 0.6 is 0 Å². The lowest BCUT2D eigenvalue weighted by atomic mass is 9.93. The number of nitrogens with one attached hydrogen (secondary N) is 2. The highest BCUT2D eigenvalue weighted by Gasteiger charge is 2.50. The molecule has 8 heteroatoms. The number of epoxide rings is 1. The van der Waals surface area contributed by atoms with Crippen LogP contribution in [0.15, 0.2) is 0 Å². The van der Waals surface area contributed by atoms with Crippen LogP contribution in [0.5, 0.6) is 0 Å². The van der Waals surface area contributed by atoms with Crippen molar-refractivity contribution in [3.8, 4) is 0 Å². The Balaban J connectivity index is 2.50. The molecule has 1 heterocycles. The third-order valence-corrected chi connectivity index (χ3v) is 3.56. The highest BCUT2D eigenvalue weighted by Crippen LogP contribution is 2.29. The van der Waals surface area contributed by atoms with Crippen molar-refractivity contribution in [3.63, 3.8) is 0 Å². The topological polar surface area (TPSA) is 123 Å². The molecule has 0 saturated carbocycles. The van der Waals surface area contributed by atoms with Gasteiger partial charge in [0.2, 0.25) is 11.8 Å². The molecule has 23 heavy (non-hydrogen) atoms. The van der Waals surface area contributed by atoms with Gasteiger partial charge in [-0.2, -0.15) is 0 Å². The van der Waals surface area contributed by atoms with Crippen molar-refractivity contribution >= 4 is 17.6 Å². The molecule has 1 saturated heterocycles. The summed E-state index contributed by atoms with van der Waals surface area (Å²) in [5, 5.41) is 5.09. The van der Waals surface area contributed by atoms with Crippen molar-refractivity contribution in [2.45, 2.75) is 44.9 Å². The van der Waals surface area contributed by atoms with Gasteiger partial charge in [-0.25, -0.2) is 0 Å². The molecular weight excluding hydrogens is 302 g/mol. The first-order valence-electron chi connectivity index (χ1n) is 7.69. The second-order valence-electron chi connectivity index (χ2n) is 6.41. The molecule has 3 atom stereocenters. The molecule has 0 aliphatic carbocycles. The molecule has 2 unspecified atom stereocenters. The molecule has 0 bridgehead atoms. The lowest BCUT2D eigenvalue weighted by molar-refractivity contribution is -0.131. The van der Waals surface area contributed by atoms with Crippen LogP contribution in [-0.4, -0.2) is 62.2 Å². The lowest BCUT2D eigenvalue weighted by Crippen LogP contribution is -2.51. The van der Waals surface area contributed by atoms with Crippen molar-refractivity contribution in [1.29, 1.82) is 0 Å². The fraction of sp³-hybridized carbons (Fsp3) is 0.800. The minimum Gasteiger partial charge on any atom is -0.383 e. The van der Waals surface area contributed by atoms with Crippen molar-refractivity contribution < 1.29 is 23.9 Å². The summed E-state index contributed by atoms with van der Waals surface area (Å²) >= 11 is 0. The van der Waals surface area contributed by atoms with Crippen molar-refractivity contribution in [2.24, 2.45) is 11.7 Å². The van der Waals surface area contributed by atoms with E-state index >= 15 is 0 Å². The Morgan fingerprint density at radius 3 is 2.43 bits per heavy atom. The summed E-state index contributed by atoms with van der Waals surface area (Å²) in [5.41, 5.74) is 4.76. The molecule has 0 aromatic heterocycles. The first kappa shape index (κ1) is 19.5. The highest BCUT2D eigenvalue weighted by molar-refractivity contribution is 5.97. The Hall–Kier alpha value is -1.51. The molecule has 2 amide bonds. The average molecular weight is 329 g/mol. The van der Waals surface area contributed by atoms with Gasteiger partial charge in [0, 0.05) is 7.11 Å². The quantitative estimate of drug-likeness (QED) is 0.440. The zero-order valence-corrected chi connectivity index (χ0v) is 14.2. The average Bonchev–Trinajstić information content (AvgIpc) is 3.22. The van der Waals surface area contributed by atoms with Gasteiger partial charge in [-0.15, -0.1) is 0 Å². The number of ketones is 1. The molecule has 1 rings (SSSR count). The summed E-state index contributed by atoms with van der Waals surface area (Å²) in [6, 6.07) is -1.46. The Kier molecular flexibility index (Phi) is 7.11. The van der Waals surface area contributed by atoms with Crippen LogP contribution in [0.4, 0.5) is 0 Å². The molecule has 132 valence electrons. The van der Waals surface area contributed by atoms with Gasteiger partial charge in [0.15, 0.2) is 5.78 Å². The molecule has 0 radical (unpaired) electrons. The molecule has 1 aliphatic heterocycles. The number of carbonyl (C=O) groups is 3. The van der Waals surface area contributed by atoms with Gasteiger partial charge in [-0.1, -0.05) is 13.8 Å². The molecule has 1 fully saturated rings. The molecule has 4 N–H and O–H groups in total. The predicted octanol–water partition coefficient (Wildman–Crippen LogP) is -1.03. The minimum absolute atomic E-state index is 0.0671. The zero-order valence-electron chi connectivity index (χ0n) is 14.2. The summed E-state index contributed by atoms with van der Waals surface area (Å²) in [7, 11) is 1.43. The number of ether oxygens (including phenoxy) is 2. The number of nitrogens with two attached hydrogens (primary N) is 1. The van der Waals surface area contributed by atoms with E-state index in [0.717, 1.165) is 0 Å². The first-order chi connectivity index (χ1) is 10.7. The van der Waals surface area contributed by atoms with Gasteiger partial charge in [0.25, 0.3) is 0 Å². The van der Waals surface area contributed by atoms with Crippen LogP contribution in [0, 0.1) is 5.92 Å². The van der Waals surface area contributed by atoms with E-state index < -0.39 is 29.5 Å². The predicted molar refractivity (Wildman–Crippen MR) is 83.6 cm³/mol. The number of hydrogen-bond acceptors (Lipinski definition) is 6. The number of amides is 2. The zero-order chi connectivity index (χ0) is 17.6. The van der Waals surface area contributed by atoms with E-state index in [-0.39, 0.29) is 24.9 Å². The van der Waals surface area contributed by atoms with Crippen LogP contribution < -0.4 is 16.4 Å². The van der Waals surface area contributed by atoms with Crippen molar-refractivity contribution in [1.82, 2.24) is 10.6 Å². The third-order valence-electron chi connectivity index (χ3n) is 3.56. The summed E-state index contributed by atoms with van der Waals surface area (Å²) in [6.07, 6.45) is 0.515. The van der Waals surface area contributed by atoms with Crippen LogP contribution in [0.1, 0.15) is 27.2 Å². The number of methoxy groups -OCH3 is 1. The van der Waals surface area contributed by atoms with Crippen LogP contribution in [-0.2, 0) is 23.9 Å². The SMILES string of the molecule is COCC(N)C(=O)NCC(=O)N[C@@H](CC(C)C)C(=O)C1(C)CO1. The maximum Gasteiger partial charge on any atom is 0.239 e. The Labute approximate surface area is 136 Å². The maximum atomic E-state index is 12.4. The standard InChI is InChI=1S/C15H27N3O5/c1-9(2)5-11(13(20)15(3)8-23-15)18-12(19)6-17-14(21)10(16)7-22-4/h9-11H,5-8,16H2,1-4H3,(H,17,21)(H,18,19)/t10?,11-,15?/m0/s1. The maximum absolute atomic E-state index is 12.4. The molecule has 1 aliphatic rings. The number of hydrogen-bond donors (Lipinski definition) is 3. The van der Waals surface area contributed by atoms with Gasteiger partial charge in [0.1, 0.15) is 11.6 Å². The van der Waals surface area contributed by atoms with E-state index in [1.165, 1.54) is 7.11 Å². The van der Waals surface area contributed by atoms with Crippen LogP contribution in [0.2, 0.25) is 0 Å². The normalized spacial score (nSPS) is 22.3. The van der Waals surface area contributed by atoms with E-state index in [1.54, 1.807) is 6.92 Å². The number of carbonyl (C=O) groups excluding carboxylic acids is 3. The first-order valence-corrected chi connectivity index (χ1v) is 7.69. The summed E-state index contributed by atoms with van der Waals surface area (Å²) in [5.74, 6) is -0.823. The summed E-state index contributed by atoms with van der Waals surface area (Å²) < 4.78 is 9.93. The van der Waals surface area contributed by atoms with Gasteiger partial charge in [0.05, 0.1) is 25.8 Å². The van der Waals surface area contributed by atoms with E-state index in [9.17, 15) is 14.4 Å². The van der Waals surface area contributed by atoms with Crippen LogP contribution in [0.25, 0.3) is 0 Å². The Morgan fingerprint density at radius 1 is 1.35 bits per heavy atom. The smallest absolute Gasteiger partial charge is 0.239 e. The monoisotopic (exact) mass is 329 g/mol. The van der Waals surface area contributed by atoms with E-state index in [2.05, 4.69) is 10.6 Å². The minimum atomic E-state index is -0.834. The lowest BCUT2D eigenvalue weighted by Gasteiger charge is -2.21. The summed E-state index contributed by atoms with van der Waals surface area (Å²) in [4.78, 5) is 36.0. The molecule has 8 nitrogen and oxygen atoms in total. The van der Waals surface area contributed by atoms with Gasteiger partial charge in [-0.3, -0.25) is 14.4 Å². The van der Waals surface area contributed by atoms with Crippen molar-refractivity contribution in [3.05, 3.63) is 0 Å². The fourth-order valence-corrected chi connectivity index (χ4v) is 2.12. The summed E-state index contributed by atoms with van der Waals surface area (Å²) in [6.45, 7) is 5.84. The van der Waals surface area contributed by atoms with Gasteiger partial charge < -0.3 is 25.8 Å². The molecule has 0 aromatic rings. The molecule has 0 spiro atoms. The van der Waals surface area contributed by atoms with Gasteiger partial charge in [-0.05, 0) is 19.3 Å². The second kappa shape index (κ2) is 8.37. The van der Waals surface area contributed by atoms with Crippen LogP contribution in [0.3, 0.4) is 0 Å². The fourth-order valence-electron chi connectivity index (χ4n) is 2.12. The Bertz CT molecular complexity index is 448.